The Balaban J connectivity index is 2.51. The van der Waals surface area contributed by atoms with Crippen LogP contribution in [0.2, 0.25) is 0 Å². The number of likely N-dealkylation sites (tertiary alicyclic amines) is 1. The molecule has 1 heterocycles. The van der Waals surface area contributed by atoms with Gasteiger partial charge in [-0.15, -0.1) is 0 Å². The van der Waals surface area contributed by atoms with Crippen LogP contribution in [0.5, 0.6) is 0 Å². The molecule has 0 aliphatic carbocycles. The number of carbonyl (C=O) groups excluding carboxylic acids is 2. The number of nitrogens with one attached hydrogen (secondary N) is 1. The molecule has 0 aromatic carbocycles. The number of carboxylic acid groups (broad SMARTS) is 1. The quantitative estimate of drug-likeness (QED) is 0.736. The van der Waals surface area contributed by atoms with E-state index < -0.39 is 17.9 Å². The van der Waals surface area contributed by atoms with Crippen LogP contribution in [0.4, 0.5) is 0 Å². The lowest BCUT2D eigenvalue weighted by molar-refractivity contribution is -0.142. The van der Waals surface area contributed by atoms with Gasteiger partial charge in [0.15, 0.2) is 5.78 Å². The van der Waals surface area contributed by atoms with Gasteiger partial charge in [-0.3, -0.25) is 19.3 Å². The maximum Gasteiger partial charge on any atom is 0.308 e. The minimum absolute atomic E-state index is 0.0361. The van der Waals surface area contributed by atoms with E-state index in [0.717, 1.165) is 0 Å². The Labute approximate surface area is 119 Å². The number of hydrogen-bond donors (Lipinski definition) is 2. The third-order valence-corrected chi connectivity index (χ3v) is 3.79. The molecular weight excluding hydrogens is 260 g/mol. The number of Topliss-reactive ketones (excluding diaryl/α,β-unsaturated/α-hetero) is 1. The lowest BCUT2D eigenvalue weighted by atomic mass is 9.99. The van der Waals surface area contributed by atoms with Gasteiger partial charge < -0.3 is 10.4 Å². The third-order valence-electron chi connectivity index (χ3n) is 3.79. The molecule has 6 nitrogen and oxygen atoms in total. The average Bonchev–Trinajstić information content (AvgIpc) is 2.66. The molecule has 0 aromatic heterocycles. The molecule has 0 aromatic rings. The SMILES string of the molecule is CC(=O)C(NC(=O)CN1CC(C)C(C(=O)O)C1)C(C)C. The minimum atomic E-state index is -0.816. The van der Waals surface area contributed by atoms with Crippen molar-refractivity contribution in [2.45, 2.75) is 33.7 Å². The van der Waals surface area contributed by atoms with Crippen LogP contribution in [-0.4, -0.2) is 53.3 Å². The van der Waals surface area contributed by atoms with Gasteiger partial charge in [-0.25, -0.2) is 0 Å². The highest BCUT2D eigenvalue weighted by Gasteiger charge is 2.35. The highest BCUT2D eigenvalue weighted by atomic mass is 16.4. The lowest BCUT2D eigenvalue weighted by Crippen LogP contribution is -2.47. The smallest absolute Gasteiger partial charge is 0.308 e. The van der Waals surface area contributed by atoms with Crippen LogP contribution in [0.25, 0.3) is 0 Å². The average molecular weight is 284 g/mol. The van der Waals surface area contributed by atoms with E-state index in [1.165, 1.54) is 6.92 Å². The van der Waals surface area contributed by atoms with Crippen LogP contribution in [-0.2, 0) is 14.4 Å². The molecule has 1 rings (SSSR count). The number of rotatable bonds is 6. The summed E-state index contributed by atoms with van der Waals surface area (Å²) in [6, 6.07) is -0.474. The number of nitrogens with zero attached hydrogens (tertiary/aromatic N) is 1. The number of carbonyl (C=O) groups is 3. The molecular formula is C14H24N2O4. The first-order valence-corrected chi connectivity index (χ1v) is 6.97. The first-order chi connectivity index (χ1) is 9.22. The Kier molecular flexibility index (Phi) is 5.68. The summed E-state index contributed by atoms with van der Waals surface area (Å²) < 4.78 is 0. The summed E-state index contributed by atoms with van der Waals surface area (Å²) in [4.78, 5) is 36.3. The molecule has 3 unspecified atom stereocenters. The van der Waals surface area contributed by atoms with E-state index in [9.17, 15) is 14.4 Å². The zero-order chi connectivity index (χ0) is 15.4. The zero-order valence-corrected chi connectivity index (χ0v) is 12.5. The predicted octanol–water partition coefficient (Wildman–Crippen LogP) is 0.369. The Morgan fingerprint density at radius 2 is 1.90 bits per heavy atom. The molecule has 2 N–H and O–H groups in total. The van der Waals surface area contributed by atoms with Crippen molar-refractivity contribution >= 4 is 17.7 Å². The van der Waals surface area contributed by atoms with Crippen LogP contribution in [0.1, 0.15) is 27.7 Å². The number of ketones is 1. The topological polar surface area (TPSA) is 86.7 Å². The molecule has 1 aliphatic heterocycles. The zero-order valence-electron chi connectivity index (χ0n) is 12.5. The van der Waals surface area contributed by atoms with Crippen LogP contribution in [0.15, 0.2) is 0 Å². The van der Waals surface area contributed by atoms with E-state index in [1.807, 2.05) is 25.7 Å². The molecule has 1 amide bonds. The fourth-order valence-electron chi connectivity index (χ4n) is 2.68. The fraction of sp³-hybridized carbons (Fsp3) is 0.786. The minimum Gasteiger partial charge on any atom is -0.481 e. The molecule has 0 saturated carbocycles. The van der Waals surface area contributed by atoms with Crippen LogP contribution in [0.3, 0.4) is 0 Å². The predicted molar refractivity (Wildman–Crippen MR) is 74.2 cm³/mol. The third kappa shape index (κ3) is 4.30. The largest absolute Gasteiger partial charge is 0.481 e. The highest BCUT2D eigenvalue weighted by Crippen LogP contribution is 2.22. The van der Waals surface area contributed by atoms with E-state index in [-0.39, 0.29) is 30.1 Å². The van der Waals surface area contributed by atoms with Crippen molar-refractivity contribution in [3.05, 3.63) is 0 Å². The van der Waals surface area contributed by atoms with Gasteiger partial charge in [-0.2, -0.15) is 0 Å². The molecule has 114 valence electrons. The van der Waals surface area contributed by atoms with Crippen molar-refractivity contribution in [2.75, 3.05) is 19.6 Å². The summed E-state index contributed by atoms with van der Waals surface area (Å²) in [6.45, 7) is 8.22. The number of hydrogen-bond acceptors (Lipinski definition) is 4. The molecule has 1 aliphatic rings. The first-order valence-electron chi connectivity index (χ1n) is 6.97. The van der Waals surface area contributed by atoms with Crippen molar-refractivity contribution in [3.63, 3.8) is 0 Å². The van der Waals surface area contributed by atoms with Gasteiger partial charge in [0.1, 0.15) is 0 Å². The molecule has 3 atom stereocenters. The summed E-state index contributed by atoms with van der Waals surface area (Å²) in [5.41, 5.74) is 0. The summed E-state index contributed by atoms with van der Waals surface area (Å²) in [7, 11) is 0. The second-order valence-electron chi connectivity index (χ2n) is 6.02. The monoisotopic (exact) mass is 284 g/mol. The number of carboxylic acids is 1. The van der Waals surface area contributed by atoms with Gasteiger partial charge in [0.25, 0.3) is 0 Å². The summed E-state index contributed by atoms with van der Waals surface area (Å²) in [6.07, 6.45) is 0. The van der Waals surface area contributed by atoms with Crippen molar-refractivity contribution in [1.29, 1.82) is 0 Å². The Morgan fingerprint density at radius 3 is 2.30 bits per heavy atom. The van der Waals surface area contributed by atoms with Crippen molar-refractivity contribution in [2.24, 2.45) is 17.8 Å². The van der Waals surface area contributed by atoms with E-state index in [4.69, 9.17) is 5.11 Å². The van der Waals surface area contributed by atoms with E-state index >= 15 is 0 Å². The van der Waals surface area contributed by atoms with E-state index in [2.05, 4.69) is 5.32 Å². The lowest BCUT2D eigenvalue weighted by Gasteiger charge is -2.21. The van der Waals surface area contributed by atoms with Crippen molar-refractivity contribution < 1.29 is 19.5 Å². The first kappa shape index (κ1) is 16.6. The van der Waals surface area contributed by atoms with Crippen molar-refractivity contribution in [1.82, 2.24) is 10.2 Å². The van der Waals surface area contributed by atoms with Crippen LogP contribution >= 0.6 is 0 Å². The standard InChI is InChI=1S/C14H24N2O4/c1-8(2)13(10(4)17)15-12(18)7-16-5-9(3)11(6-16)14(19)20/h8-9,11,13H,5-7H2,1-4H3,(H,15,18)(H,19,20). The van der Waals surface area contributed by atoms with Crippen molar-refractivity contribution in [3.8, 4) is 0 Å². The molecule has 0 bridgehead atoms. The van der Waals surface area contributed by atoms with E-state index in [0.29, 0.717) is 13.1 Å². The normalized spacial score (nSPS) is 24.6. The van der Waals surface area contributed by atoms with Gasteiger partial charge >= 0.3 is 5.97 Å². The molecule has 1 saturated heterocycles. The van der Waals surface area contributed by atoms with Gasteiger partial charge in [0.05, 0.1) is 18.5 Å². The summed E-state index contributed by atoms with van der Waals surface area (Å²) in [5, 5.41) is 11.8. The highest BCUT2D eigenvalue weighted by molar-refractivity contribution is 5.88. The van der Waals surface area contributed by atoms with Gasteiger partial charge in [0, 0.05) is 13.1 Å². The Bertz CT molecular complexity index is 395. The number of aliphatic carboxylic acids is 1. The second-order valence-corrected chi connectivity index (χ2v) is 6.02. The van der Waals surface area contributed by atoms with Gasteiger partial charge in [-0.1, -0.05) is 20.8 Å². The Morgan fingerprint density at radius 1 is 1.30 bits per heavy atom. The summed E-state index contributed by atoms with van der Waals surface area (Å²) in [5.74, 6) is -1.45. The fourth-order valence-corrected chi connectivity index (χ4v) is 2.68. The molecule has 6 heteroatoms. The van der Waals surface area contributed by atoms with Crippen LogP contribution in [0, 0.1) is 17.8 Å². The maximum atomic E-state index is 11.9. The van der Waals surface area contributed by atoms with E-state index in [1.54, 1.807) is 0 Å². The summed E-state index contributed by atoms with van der Waals surface area (Å²) >= 11 is 0. The van der Waals surface area contributed by atoms with Gasteiger partial charge in [-0.05, 0) is 18.8 Å². The molecule has 0 radical (unpaired) electrons. The molecule has 0 spiro atoms. The Hall–Kier alpha value is -1.43. The second kappa shape index (κ2) is 6.83. The maximum absolute atomic E-state index is 11.9. The van der Waals surface area contributed by atoms with Crippen LogP contribution < -0.4 is 5.32 Å². The molecule has 20 heavy (non-hydrogen) atoms. The number of amides is 1. The molecule has 1 fully saturated rings. The van der Waals surface area contributed by atoms with Gasteiger partial charge in [0.2, 0.25) is 5.91 Å².